The van der Waals surface area contributed by atoms with Crippen LogP contribution in [0.25, 0.3) is 0 Å². The monoisotopic (exact) mass is 189 g/mol. The molecule has 0 heterocycles. The Hall–Kier alpha value is -1.26. The number of likely N-dealkylation sites (N-methyl/N-ethyl adjacent to an activating group) is 1. The van der Waals surface area contributed by atoms with E-state index in [4.69, 9.17) is 10.2 Å². The minimum absolute atomic E-state index is 0.185. The number of aliphatic carboxylic acids is 1. The van der Waals surface area contributed by atoms with Crippen LogP contribution < -0.4 is 0 Å². The molecule has 5 nitrogen and oxygen atoms in total. The summed E-state index contributed by atoms with van der Waals surface area (Å²) in [5, 5.41) is 17.5. The second-order valence-electron chi connectivity index (χ2n) is 3.10. The van der Waals surface area contributed by atoms with Gasteiger partial charge in [-0.1, -0.05) is 13.8 Å². The van der Waals surface area contributed by atoms with Gasteiger partial charge >= 0.3 is 12.1 Å². The third-order valence-electron chi connectivity index (χ3n) is 1.81. The highest BCUT2D eigenvalue weighted by molar-refractivity contribution is 5.79. The van der Waals surface area contributed by atoms with Crippen molar-refractivity contribution in [2.45, 2.75) is 26.8 Å². The Morgan fingerprint density at radius 2 is 1.77 bits per heavy atom. The Kier molecular flexibility index (Phi) is 4.23. The van der Waals surface area contributed by atoms with Gasteiger partial charge in [0.2, 0.25) is 0 Å². The quantitative estimate of drug-likeness (QED) is 0.694. The predicted molar refractivity (Wildman–Crippen MR) is 46.7 cm³/mol. The smallest absolute Gasteiger partial charge is 0.408 e. The molecule has 0 rings (SSSR count). The van der Waals surface area contributed by atoms with Crippen molar-refractivity contribution in [2.75, 3.05) is 6.54 Å². The summed E-state index contributed by atoms with van der Waals surface area (Å²) in [6, 6.07) is -0.956. The number of carboxylic acid groups (broad SMARTS) is 2. The molecular formula is C8H15NO4. The summed E-state index contributed by atoms with van der Waals surface area (Å²) >= 11 is 0. The average molecular weight is 189 g/mol. The van der Waals surface area contributed by atoms with Gasteiger partial charge in [-0.2, -0.15) is 0 Å². The number of carbonyl (C=O) groups is 2. The van der Waals surface area contributed by atoms with E-state index in [1.54, 1.807) is 20.8 Å². The third-order valence-corrected chi connectivity index (χ3v) is 1.81. The molecule has 2 N–H and O–H groups in total. The van der Waals surface area contributed by atoms with Crippen molar-refractivity contribution in [3.63, 3.8) is 0 Å². The molecule has 13 heavy (non-hydrogen) atoms. The second kappa shape index (κ2) is 4.69. The fraction of sp³-hybridized carbons (Fsp3) is 0.750. The molecule has 0 fully saturated rings. The Bertz CT molecular complexity index is 202. The van der Waals surface area contributed by atoms with Gasteiger partial charge < -0.3 is 10.2 Å². The van der Waals surface area contributed by atoms with Crippen LogP contribution in [0, 0.1) is 5.92 Å². The van der Waals surface area contributed by atoms with Crippen LogP contribution in [0.1, 0.15) is 20.8 Å². The van der Waals surface area contributed by atoms with Crippen molar-refractivity contribution in [3.8, 4) is 0 Å². The summed E-state index contributed by atoms with van der Waals surface area (Å²) in [6.07, 6.45) is -1.19. The number of hydrogen-bond donors (Lipinski definition) is 2. The SMILES string of the molecule is CCN(C(=O)O)C(C(=O)O)C(C)C. The Morgan fingerprint density at radius 1 is 1.31 bits per heavy atom. The van der Waals surface area contributed by atoms with Crippen molar-refractivity contribution in [1.82, 2.24) is 4.90 Å². The van der Waals surface area contributed by atoms with Gasteiger partial charge in [-0.05, 0) is 12.8 Å². The van der Waals surface area contributed by atoms with Crippen molar-refractivity contribution in [1.29, 1.82) is 0 Å². The first-order valence-electron chi connectivity index (χ1n) is 4.14. The van der Waals surface area contributed by atoms with Crippen molar-refractivity contribution < 1.29 is 19.8 Å². The van der Waals surface area contributed by atoms with Crippen molar-refractivity contribution >= 4 is 12.1 Å². The minimum Gasteiger partial charge on any atom is -0.480 e. The maximum atomic E-state index is 10.7. The molecular weight excluding hydrogens is 174 g/mol. The number of hydrogen-bond acceptors (Lipinski definition) is 2. The van der Waals surface area contributed by atoms with Crippen LogP contribution in [0.2, 0.25) is 0 Å². The fourth-order valence-corrected chi connectivity index (χ4v) is 1.23. The van der Waals surface area contributed by atoms with Gasteiger partial charge in [0.25, 0.3) is 0 Å². The van der Waals surface area contributed by atoms with Crippen LogP contribution in [0.15, 0.2) is 0 Å². The fourth-order valence-electron chi connectivity index (χ4n) is 1.23. The molecule has 0 aliphatic carbocycles. The molecule has 1 unspecified atom stereocenters. The summed E-state index contributed by atoms with van der Waals surface area (Å²) in [6.45, 7) is 5.17. The van der Waals surface area contributed by atoms with Crippen LogP contribution in [-0.2, 0) is 4.79 Å². The summed E-state index contributed by atoms with van der Waals surface area (Å²) in [5.74, 6) is -1.33. The molecule has 0 aliphatic rings. The molecule has 0 aliphatic heterocycles. The summed E-state index contributed by atoms with van der Waals surface area (Å²) < 4.78 is 0. The highest BCUT2D eigenvalue weighted by atomic mass is 16.4. The molecule has 76 valence electrons. The zero-order valence-corrected chi connectivity index (χ0v) is 8.02. The lowest BCUT2D eigenvalue weighted by molar-refractivity contribution is -0.144. The summed E-state index contributed by atoms with van der Waals surface area (Å²) in [4.78, 5) is 22.3. The van der Waals surface area contributed by atoms with Crippen LogP contribution in [0.5, 0.6) is 0 Å². The molecule has 5 heteroatoms. The standard InChI is InChI=1S/C8H15NO4/c1-4-9(8(12)13)6(5(2)3)7(10)11/h5-6H,4H2,1-3H3,(H,10,11)(H,12,13). The van der Waals surface area contributed by atoms with Crippen molar-refractivity contribution in [2.24, 2.45) is 5.92 Å². The molecule has 0 bridgehead atoms. The maximum absolute atomic E-state index is 10.7. The molecule has 0 saturated carbocycles. The summed E-state index contributed by atoms with van der Waals surface area (Å²) in [7, 11) is 0. The molecule has 0 saturated heterocycles. The average Bonchev–Trinajstić information content (AvgIpc) is 1.97. The van der Waals surface area contributed by atoms with E-state index in [1.807, 2.05) is 0 Å². The Labute approximate surface area is 77.0 Å². The van der Waals surface area contributed by atoms with E-state index in [9.17, 15) is 9.59 Å². The third kappa shape index (κ3) is 2.93. The van der Waals surface area contributed by atoms with Crippen LogP contribution in [-0.4, -0.2) is 39.8 Å². The molecule has 0 aromatic rings. The van der Waals surface area contributed by atoms with E-state index in [-0.39, 0.29) is 12.5 Å². The van der Waals surface area contributed by atoms with Gasteiger partial charge in [0.05, 0.1) is 0 Å². The zero-order chi connectivity index (χ0) is 10.6. The van der Waals surface area contributed by atoms with Gasteiger partial charge in [0.1, 0.15) is 6.04 Å². The normalized spacial score (nSPS) is 12.6. The van der Waals surface area contributed by atoms with Crippen LogP contribution in [0.4, 0.5) is 4.79 Å². The zero-order valence-electron chi connectivity index (χ0n) is 8.02. The topological polar surface area (TPSA) is 77.8 Å². The van der Waals surface area contributed by atoms with Gasteiger partial charge in [-0.25, -0.2) is 9.59 Å². The van der Waals surface area contributed by atoms with Gasteiger partial charge in [0.15, 0.2) is 0 Å². The molecule has 1 amide bonds. The Morgan fingerprint density at radius 3 is 1.85 bits per heavy atom. The van der Waals surface area contributed by atoms with Crippen molar-refractivity contribution in [3.05, 3.63) is 0 Å². The minimum atomic E-state index is -1.19. The molecule has 0 radical (unpaired) electrons. The number of carboxylic acids is 1. The number of amides is 1. The Balaban J connectivity index is 4.69. The van der Waals surface area contributed by atoms with Gasteiger partial charge in [-0.3, -0.25) is 4.90 Å². The summed E-state index contributed by atoms with van der Waals surface area (Å²) in [5.41, 5.74) is 0. The predicted octanol–water partition coefficient (Wildman–Crippen LogP) is 1.10. The molecule has 1 atom stereocenters. The largest absolute Gasteiger partial charge is 0.480 e. The van der Waals surface area contributed by atoms with Crippen LogP contribution >= 0.6 is 0 Å². The number of rotatable bonds is 4. The van der Waals surface area contributed by atoms with E-state index in [0.717, 1.165) is 4.90 Å². The van der Waals surface area contributed by atoms with E-state index in [1.165, 1.54) is 0 Å². The van der Waals surface area contributed by atoms with Gasteiger partial charge in [-0.15, -0.1) is 0 Å². The van der Waals surface area contributed by atoms with E-state index in [2.05, 4.69) is 0 Å². The lowest BCUT2D eigenvalue weighted by Crippen LogP contribution is -2.47. The first kappa shape index (κ1) is 11.7. The van der Waals surface area contributed by atoms with E-state index in [0.29, 0.717) is 0 Å². The highest BCUT2D eigenvalue weighted by Gasteiger charge is 2.30. The first-order valence-corrected chi connectivity index (χ1v) is 4.14. The van der Waals surface area contributed by atoms with Crippen LogP contribution in [0.3, 0.4) is 0 Å². The van der Waals surface area contributed by atoms with E-state index >= 15 is 0 Å². The van der Waals surface area contributed by atoms with E-state index < -0.39 is 18.1 Å². The lowest BCUT2D eigenvalue weighted by Gasteiger charge is -2.27. The first-order chi connectivity index (χ1) is 5.91. The maximum Gasteiger partial charge on any atom is 0.408 e. The van der Waals surface area contributed by atoms with Gasteiger partial charge in [0, 0.05) is 6.54 Å². The highest BCUT2D eigenvalue weighted by Crippen LogP contribution is 2.11. The molecule has 0 aromatic heterocycles. The number of nitrogens with zero attached hydrogens (tertiary/aromatic N) is 1. The second-order valence-corrected chi connectivity index (χ2v) is 3.10. The lowest BCUT2D eigenvalue weighted by atomic mass is 10.0. The molecule has 0 spiro atoms. The molecule has 0 aromatic carbocycles.